The maximum atomic E-state index is 11.1. The molecular formula is C41H36ClIN10O2. The molecule has 6 aromatic rings. The summed E-state index contributed by atoms with van der Waals surface area (Å²) >= 11 is 8.40. The number of pyridine rings is 1. The molecule has 4 aromatic carbocycles. The molecule has 55 heavy (non-hydrogen) atoms. The van der Waals surface area contributed by atoms with Crippen LogP contribution in [0.15, 0.2) is 59.1 Å². The first-order valence-electron chi connectivity index (χ1n) is 16.3. The summed E-state index contributed by atoms with van der Waals surface area (Å²) in [7, 11) is 0. The van der Waals surface area contributed by atoms with Crippen molar-refractivity contribution in [2.45, 2.75) is 48.5 Å². The molecule has 0 aliphatic rings. The van der Waals surface area contributed by atoms with Gasteiger partial charge in [0.25, 0.3) is 5.89 Å². The molecule has 0 bridgehead atoms. The number of benzene rings is 4. The van der Waals surface area contributed by atoms with E-state index >= 15 is 0 Å². The summed E-state index contributed by atoms with van der Waals surface area (Å²) in [6, 6.07) is 24.4. The highest BCUT2D eigenvalue weighted by Crippen LogP contribution is 2.35. The number of nitrogens with zero attached hydrogens (tertiary/aromatic N) is 7. The van der Waals surface area contributed by atoms with Crippen molar-refractivity contribution in [2.24, 2.45) is 0 Å². The van der Waals surface area contributed by atoms with Gasteiger partial charge in [-0.25, -0.2) is 4.98 Å². The molecule has 12 nitrogen and oxygen atoms in total. The highest BCUT2D eigenvalue weighted by atomic mass is 127. The molecule has 276 valence electrons. The summed E-state index contributed by atoms with van der Waals surface area (Å²) in [6.07, 6.45) is 0. The molecule has 2 aromatic heterocycles. The van der Waals surface area contributed by atoms with E-state index in [4.69, 9.17) is 49.1 Å². The zero-order valence-corrected chi connectivity index (χ0v) is 34.0. The monoisotopic (exact) mass is 862 g/mol. The number of aromatic nitrogens is 3. The molecule has 0 amide bonds. The minimum atomic E-state index is -0.113. The van der Waals surface area contributed by atoms with E-state index in [0.717, 1.165) is 36.8 Å². The zero-order chi connectivity index (χ0) is 41.1. The van der Waals surface area contributed by atoms with Crippen LogP contribution in [0.25, 0.3) is 22.4 Å². The van der Waals surface area contributed by atoms with Crippen molar-refractivity contribution < 1.29 is 9.32 Å². The third-order valence-electron chi connectivity index (χ3n) is 7.86. The number of nitrogens with two attached hydrogens (primary N) is 3. The van der Waals surface area contributed by atoms with Crippen molar-refractivity contribution >= 4 is 67.9 Å². The Kier molecular flexibility index (Phi) is 14.8. The summed E-state index contributed by atoms with van der Waals surface area (Å²) in [6.45, 7) is 12.7. The second kappa shape index (κ2) is 19.0. The van der Waals surface area contributed by atoms with Crippen molar-refractivity contribution in [2.75, 3.05) is 17.2 Å². The lowest BCUT2D eigenvalue weighted by molar-refractivity contribution is 0.101. The minimum absolute atomic E-state index is 0.113. The van der Waals surface area contributed by atoms with Crippen LogP contribution < -0.4 is 17.2 Å². The number of hydrogen-bond donors (Lipinski definition) is 3. The molecule has 14 heteroatoms. The number of hydrogen-bond acceptors (Lipinski definition) is 12. The molecule has 2 heterocycles. The maximum Gasteiger partial charge on any atom is 0.261 e. The summed E-state index contributed by atoms with van der Waals surface area (Å²) in [5.41, 5.74) is 26.6. The Labute approximate surface area is 337 Å². The second-order valence-corrected chi connectivity index (χ2v) is 13.9. The standard InChI is InChI=1S/C15H11ClN4O.C10H10N2O.C8H7IN2.C8H8N2/c1-7-4-10(6-17)13-11(5-7)8(2)12(14(16)19-13)15-18-9(3)20-21-15;1-6-3-8(5-11)10(12)9(4-6)7(2)13;1-5-2-6(4-10)8(11)7(9)3-5;1-6-2-3-8(10)7(4-6)5-9/h4-5H,1-3H3;3-4H,12H2,1-2H3;2-3H,11H2,1H3;2-4H,10H2,1H3. The largest absolute Gasteiger partial charge is 0.398 e. The SMILES string of the molecule is CC(=O)c1cc(C)cc(C#N)c1N.Cc1cc(C#N)c2nc(Cl)c(-c3nc(C)no3)c(C)c2c1.Cc1cc(I)c(N)c(C#N)c1.Cc1ccc(N)c(C#N)c1. The number of nitrogen functional groups attached to an aromatic ring is 3. The van der Waals surface area contributed by atoms with Gasteiger partial charge < -0.3 is 21.7 Å². The first-order chi connectivity index (χ1) is 25.9. The molecule has 0 saturated carbocycles. The predicted octanol–water partition coefficient (Wildman–Crippen LogP) is 8.89. The normalized spacial score (nSPS) is 9.76. The molecule has 0 atom stereocenters. The molecule has 0 aliphatic carbocycles. The van der Waals surface area contributed by atoms with Crippen molar-refractivity contribution in [1.29, 1.82) is 21.0 Å². The fourth-order valence-electron chi connectivity index (χ4n) is 5.16. The van der Waals surface area contributed by atoms with Crippen molar-refractivity contribution in [3.05, 3.63) is 125 Å². The van der Waals surface area contributed by atoms with Crippen LogP contribution in [-0.2, 0) is 0 Å². The van der Waals surface area contributed by atoms with Gasteiger partial charge in [0.1, 0.15) is 29.4 Å². The van der Waals surface area contributed by atoms with Gasteiger partial charge in [0.05, 0.1) is 44.7 Å². The molecule has 0 aliphatic heterocycles. The van der Waals surface area contributed by atoms with Gasteiger partial charge in [-0.1, -0.05) is 22.8 Å². The second-order valence-electron chi connectivity index (χ2n) is 12.3. The first kappa shape index (κ1) is 42.9. The van der Waals surface area contributed by atoms with Gasteiger partial charge in [-0.2, -0.15) is 26.0 Å². The van der Waals surface area contributed by atoms with Crippen molar-refractivity contribution in [3.8, 4) is 35.7 Å². The van der Waals surface area contributed by atoms with E-state index in [-0.39, 0.29) is 16.6 Å². The van der Waals surface area contributed by atoms with Crippen LogP contribution in [-0.4, -0.2) is 20.9 Å². The molecule has 0 radical (unpaired) electrons. The lowest BCUT2D eigenvalue weighted by Crippen LogP contribution is -2.02. The van der Waals surface area contributed by atoms with Crippen LogP contribution in [0.3, 0.4) is 0 Å². The van der Waals surface area contributed by atoms with Crippen LogP contribution >= 0.6 is 34.2 Å². The van der Waals surface area contributed by atoms with E-state index in [0.29, 0.717) is 62.0 Å². The van der Waals surface area contributed by atoms with Gasteiger partial charge in [-0.3, -0.25) is 4.79 Å². The Hall–Kier alpha value is -6.52. The van der Waals surface area contributed by atoms with E-state index in [9.17, 15) is 10.1 Å². The van der Waals surface area contributed by atoms with Gasteiger partial charge in [-0.05, 0) is 147 Å². The van der Waals surface area contributed by atoms with Crippen molar-refractivity contribution in [1.82, 2.24) is 15.1 Å². The molecule has 0 fully saturated rings. The summed E-state index contributed by atoms with van der Waals surface area (Å²) < 4.78 is 6.14. The fraction of sp³-hybridized carbons (Fsp3) is 0.171. The zero-order valence-electron chi connectivity index (χ0n) is 31.1. The van der Waals surface area contributed by atoms with Gasteiger partial charge in [0, 0.05) is 20.2 Å². The third kappa shape index (κ3) is 10.8. The van der Waals surface area contributed by atoms with Crippen LogP contribution in [0.4, 0.5) is 17.1 Å². The molecular weight excluding hydrogens is 827 g/mol. The van der Waals surface area contributed by atoms with E-state index in [1.807, 2.05) is 71.0 Å². The number of Topliss-reactive ketones (excluding diaryl/α,β-unsaturated/α-hetero) is 1. The predicted molar refractivity (Wildman–Crippen MR) is 223 cm³/mol. The Bertz CT molecular complexity index is 2610. The quantitative estimate of drug-likeness (QED) is 0.0640. The molecule has 0 spiro atoms. The maximum absolute atomic E-state index is 11.1. The highest BCUT2D eigenvalue weighted by molar-refractivity contribution is 14.1. The number of halogens is 2. The van der Waals surface area contributed by atoms with Gasteiger partial charge >= 0.3 is 0 Å². The van der Waals surface area contributed by atoms with Gasteiger partial charge in [0.15, 0.2) is 11.6 Å². The molecule has 0 saturated heterocycles. The average Bonchev–Trinajstić information content (AvgIpc) is 3.57. The topological polar surface area (TPSA) is 242 Å². The van der Waals surface area contributed by atoms with E-state index < -0.39 is 0 Å². The fourth-order valence-corrected chi connectivity index (χ4v) is 6.24. The highest BCUT2D eigenvalue weighted by Gasteiger charge is 2.19. The third-order valence-corrected chi connectivity index (χ3v) is 9.03. The van der Waals surface area contributed by atoms with Gasteiger partial charge in [-0.15, -0.1) is 0 Å². The number of ketones is 1. The summed E-state index contributed by atoms with van der Waals surface area (Å²) in [5.74, 6) is 0.754. The number of carbonyl (C=O) groups excluding carboxylic acids is 1. The minimum Gasteiger partial charge on any atom is -0.398 e. The van der Waals surface area contributed by atoms with Crippen LogP contribution in [0.1, 0.15) is 73.2 Å². The van der Waals surface area contributed by atoms with E-state index in [2.05, 4.69) is 43.8 Å². The summed E-state index contributed by atoms with van der Waals surface area (Å²) in [4.78, 5) is 19.7. The van der Waals surface area contributed by atoms with Gasteiger partial charge in [0.2, 0.25) is 0 Å². The molecule has 6 rings (SSSR count). The Morgan fingerprint density at radius 1 is 0.709 bits per heavy atom. The summed E-state index contributed by atoms with van der Waals surface area (Å²) in [5, 5.41) is 40.0. The number of rotatable bonds is 2. The van der Waals surface area contributed by atoms with Crippen molar-refractivity contribution in [3.63, 3.8) is 0 Å². The first-order valence-corrected chi connectivity index (χ1v) is 17.8. The molecule has 6 N–H and O–H groups in total. The Morgan fingerprint density at radius 2 is 1.24 bits per heavy atom. The number of carbonyl (C=O) groups is 1. The number of aryl methyl sites for hydroxylation is 6. The number of fused-ring (bicyclic) bond motifs is 1. The lowest BCUT2D eigenvalue weighted by atomic mass is 10.00. The average molecular weight is 863 g/mol. The lowest BCUT2D eigenvalue weighted by Gasteiger charge is -2.10. The Morgan fingerprint density at radius 3 is 1.76 bits per heavy atom. The van der Waals surface area contributed by atoms with E-state index in [1.165, 1.54) is 6.92 Å². The smallest absolute Gasteiger partial charge is 0.261 e. The van der Waals surface area contributed by atoms with Crippen LogP contribution in [0, 0.1) is 90.4 Å². The molecule has 0 unspecified atom stereocenters. The number of nitriles is 4. The Balaban J connectivity index is 0.000000208. The van der Waals surface area contributed by atoms with E-state index in [1.54, 1.807) is 43.3 Å². The number of anilines is 3. The van der Waals surface area contributed by atoms with Crippen LogP contribution in [0.2, 0.25) is 5.15 Å². The van der Waals surface area contributed by atoms with Crippen LogP contribution in [0.5, 0.6) is 0 Å².